The van der Waals surface area contributed by atoms with E-state index in [9.17, 15) is 4.79 Å². The third-order valence-electron chi connectivity index (χ3n) is 7.50. The molecule has 5 aromatic rings. The molecule has 0 aliphatic heterocycles. The van der Waals surface area contributed by atoms with Gasteiger partial charge in [0.15, 0.2) is 0 Å². The van der Waals surface area contributed by atoms with E-state index in [-0.39, 0.29) is 5.91 Å². The zero-order valence-electron chi connectivity index (χ0n) is 20.9. The molecule has 1 aliphatic rings. The number of hydrogen-bond donors (Lipinski definition) is 2. The number of pyridine rings is 1. The van der Waals surface area contributed by atoms with E-state index in [4.69, 9.17) is 15.7 Å². The van der Waals surface area contributed by atoms with Gasteiger partial charge in [0.25, 0.3) is 0 Å². The van der Waals surface area contributed by atoms with Gasteiger partial charge in [-0.05, 0) is 43.7 Å². The molecule has 2 aromatic carbocycles. The van der Waals surface area contributed by atoms with Crippen molar-refractivity contribution in [3.05, 3.63) is 78.9 Å². The molecule has 6 rings (SSSR count). The first-order valence-electron chi connectivity index (χ1n) is 12.9. The Balaban J connectivity index is 1.37. The number of nitrogen functional groups attached to an aromatic ring is 1. The lowest BCUT2D eigenvalue weighted by molar-refractivity contribution is -0.119. The minimum atomic E-state index is 0.0368. The first-order chi connectivity index (χ1) is 18.1. The lowest BCUT2D eigenvalue weighted by atomic mass is 9.81. The molecule has 3 heterocycles. The highest BCUT2D eigenvalue weighted by molar-refractivity contribution is 5.91. The fourth-order valence-electron chi connectivity index (χ4n) is 5.52. The number of rotatable bonds is 5. The topological polar surface area (TPSA) is 98.2 Å². The predicted molar refractivity (Wildman–Crippen MR) is 147 cm³/mol. The average Bonchev–Trinajstić information content (AvgIpc) is 3.33. The van der Waals surface area contributed by atoms with Crippen LogP contribution in [-0.2, 0) is 4.79 Å². The Bertz CT molecular complexity index is 1580. The fourth-order valence-corrected chi connectivity index (χ4v) is 5.52. The molecule has 1 amide bonds. The van der Waals surface area contributed by atoms with Crippen molar-refractivity contribution in [2.75, 3.05) is 12.3 Å². The number of carbonyl (C=O) groups excluding carboxylic acids is 1. The summed E-state index contributed by atoms with van der Waals surface area (Å²) in [6.45, 7) is 2.33. The molecule has 0 unspecified atom stereocenters. The highest BCUT2D eigenvalue weighted by Crippen LogP contribution is 2.39. The van der Waals surface area contributed by atoms with Crippen LogP contribution in [0.1, 0.15) is 44.3 Å². The van der Waals surface area contributed by atoms with Crippen molar-refractivity contribution in [3.63, 3.8) is 0 Å². The van der Waals surface area contributed by atoms with Crippen molar-refractivity contribution in [1.29, 1.82) is 0 Å². The van der Waals surface area contributed by atoms with Crippen molar-refractivity contribution < 1.29 is 4.79 Å². The van der Waals surface area contributed by atoms with Crippen LogP contribution in [0.3, 0.4) is 0 Å². The number of nitrogens with two attached hydrogens (primary N) is 1. The van der Waals surface area contributed by atoms with Gasteiger partial charge in [0, 0.05) is 48.3 Å². The van der Waals surface area contributed by atoms with Gasteiger partial charge in [-0.2, -0.15) is 0 Å². The van der Waals surface area contributed by atoms with Gasteiger partial charge in [-0.15, -0.1) is 0 Å². The molecule has 0 saturated heterocycles. The number of nitrogens with zero attached hydrogens (tertiary/aromatic N) is 4. The van der Waals surface area contributed by atoms with Gasteiger partial charge in [-0.25, -0.2) is 15.0 Å². The van der Waals surface area contributed by atoms with Crippen LogP contribution in [0.4, 0.5) is 5.82 Å². The van der Waals surface area contributed by atoms with Crippen LogP contribution in [0, 0.1) is 5.92 Å². The van der Waals surface area contributed by atoms with Gasteiger partial charge in [-0.1, -0.05) is 48.5 Å². The van der Waals surface area contributed by atoms with Crippen molar-refractivity contribution in [3.8, 4) is 22.5 Å². The maximum absolute atomic E-state index is 11.3. The van der Waals surface area contributed by atoms with Crippen LogP contribution >= 0.6 is 0 Å². The summed E-state index contributed by atoms with van der Waals surface area (Å²) in [5.74, 6) is 2.39. The summed E-state index contributed by atoms with van der Waals surface area (Å²) in [7, 11) is 0. The average molecular weight is 491 g/mol. The van der Waals surface area contributed by atoms with Gasteiger partial charge in [0.05, 0.1) is 11.2 Å². The van der Waals surface area contributed by atoms with E-state index in [0.717, 1.165) is 77.0 Å². The van der Waals surface area contributed by atoms with Gasteiger partial charge in [-0.3, -0.25) is 9.20 Å². The Hall–Kier alpha value is -4.26. The standard InChI is InChI=1S/C30H30N6O/c1-19(37)33-18-20-7-9-23(10-8-20)30-35-27(28-29(31)32-15-16-36(28)30)24-12-11-22-13-14-25(34-26(22)17-24)21-5-3-2-4-6-21/h2-6,11-17,20,23H,7-10,18H2,1H3,(H2,31,32)(H,33,37). The smallest absolute Gasteiger partial charge is 0.216 e. The summed E-state index contributed by atoms with van der Waals surface area (Å²) in [5.41, 5.74) is 12.0. The van der Waals surface area contributed by atoms with E-state index in [1.807, 2.05) is 24.4 Å². The Morgan fingerprint density at radius 3 is 2.57 bits per heavy atom. The van der Waals surface area contributed by atoms with Crippen molar-refractivity contribution in [1.82, 2.24) is 24.7 Å². The molecular weight excluding hydrogens is 460 g/mol. The lowest BCUT2D eigenvalue weighted by Gasteiger charge is -2.27. The third kappa shape index (κ3) is 4.53. The second-order valence-electron chi connectivity index (χ2n) is 9.97. The summed E-state index contributed by atoms with van der Waals surface area (Å²) in [4.78, 5) is 25.8. The van der Waals surface area contributed by atoms with Crippen LogP contribution in [0.5, 0.6) is 0 Å². The van der Waals surface area contributed by atoms with Crippen LogP contribution in [0.25, 0.3) is 38.9 Å². The van der Waals surface area contributed by atoms with Crippen molar-refractivity contribution >= 4 is 28.1 Å². The van der Waals surface area contributed by atoms with E-state index >= 15 is 0 Å². The number of anilines is 1. The second-order valence-corrected chi connectivity index (χ2v) is 9.97. The SMILES string of the molecule is CC(=O)NCC1CCC(c2nc(-c3ccc4ccc(-c5ccccc5)nc4c3)c3c(N)nccn23)CC1. The van der Waals surface area contributed by atoms with Gasteiger partial charge >= 0.3 is 0 Å². The first-order valence-corrected chi connectivity index (χ1v) is 12.9. The molecule has 1 saturated carbocycles. The highest BCUT2D eigenvalue weighted by atomic mass is 16.1. The fraction of sp³-hybridized carbons (Fsp3) is 0.267. The number of aromatic nitrogens is 4. The number of amides is 1. The summed E-state index contributed by atoms with van der Waals surface area (Å²) in [5, 5.41) is 4.05. The van der Waals surface area contributed by atoms with Gasteiger partial charge in [0.1, 0.15) is 22.9 Å². The summed E-state index contributed by atoms with van der Waals surface area (Å²) >= 11 is 0. The molecule has 1 fully saturated rings. The molecule has 0 bridgehead atoms. The zero-order chi connectivity index (χ0) is 25.4. The Kier molecular flexibility index (Phi) is 6.04. The molecule has 0 spiro atoms. The number of fused-ring (bicyclic) bond motifs is 2. The van der Waals surface area contributed by atoms with E-state index in [0.29, 0.717) is 17.7 Å². The van der Waals surface area contributed by atoms with Crippen LogP contribution in [0.15, 0.2) is 73.1 Å². The lowest BCUT2D eigenvalue weighted by Crippen LogP contribution is -2.29. The quantitative estimate of drug-likeness (QED) is 0.334. The summed E-state index contributed by atoms with van der Waals surface area (Å²) in [6, 6.07) is 20.7. The molecule has 1 aliphatic carbocycles. The number of nitrogens with one attached hydrogen (secondary N) is 1. The maximum Gasteiger partial charge on any atom is 0.216 e. The Morgan fingerprint density at radius 2 is 1.78 bits per heavy atom. The minimum absolute atomic E-state index is 0.0368. The maximum atomic E-state index is 11.3. The minimum Gasteiger partial charge on any atom is -0.382 e. The highest BCUT2D eigenvalue weighted by Gasteiger charge is 2.27. The molecule has 7 nitrogen and oxygen atoms in total. The molecular formula is C30H30N6O. The second kappa shape index (κ2) is 9.65. The monoisotopic (exact) mass is 490 g/mol. The van der Waals surface area contributed by atoms with Crippen molar-refractivity contribution in [2.45, 2.75) is 38.5 Å². The van der Waals surface area contributed by atoms with Crippen LogP contribution in [0.2, 0.25) is 0 Å². The zero-order valence-corrected chi connectivity index (χ0v) is 20.9. The molecule has 3 N–H and O–H groups in total. The van der Waals surface area contributed by atoms with Crippen LogP contribution < -0.4 is 11.1 Å². The first kappa shape index (κ1) is 23.2. The molecule has 186 valence electrons. The van der Waals surface area contributed by atoms with Crippen LogP contribution in [-0.4, -0.2) is 31.8 Å². The number of carbonyl (C=O) groups is 1. The predicted octanol–water partition coefficient (Wildman–Crippen LogP) is 5.60. The van der Waals surface area contributed by atoms with E-state index in [2.05, 4.69) is 57.2 Å². The largest absolute Gasteiger partial charge is 0.382 e. The number of hydrogen-bond acceptors (Lipinski definition) is 5. The third-order valence-corrected chi connectivity index (χ3v) is 7.50. The Morgan fingerprint density at radius 1 is 1.00 bits per heavy atom. The summed E-state index contributed by atoms with van der Waals surface area (Å²) in [6.07, 6.45) is 7.91. The molecule has 0 radical (unpaired) electrons. The van der Waals surface area contributed by atoms with Gasteiger partial charge in [0.2, 0.25) is 5.91 Å². The van der Waals surface area contributed by atoms with E-state index < -0.39 is 0 Å². The summed E-state index contributed by atoms with van der Waals surface area (Å²) < 4.78 is 2.12. The normalized spacial score (nSPS) is 17.8. The van der Waals surface area contributed by atoms with Crippen molar-refractivity contribution in [2.24, 2.45) is 5.92 Å². The molecule has 37 heavy (non-hydrogen) atoms. The number of benzene rings is 2. The molecule has 7 heteroatoms. The van der Waals surface area contributed by atoms with Gasteiger partial charge < -0.3 is 11.1 Å². The molecule has 3 aromatic heterocycles. The van der Waals surface area contributed by atoms with E-state index in [1.54, 1.807) is 13.1 Å². The molecule has 0 atom stereocenters. The Labute approximate surface area is 215 Å². The van der Waals surface area contributed by atoms with E-state index in [1.165, 1.54) is 0 Å². The number of imidazole rings is 1.